The van der Waals surface area contributed by atoms with Crippen LogP contribution in [0.2, 0.25) is 0 Å². The summed E-state index contributed by atoms with van der Waals surface area (Å²) in [5.41, 5.74) is 5.83. The summed E-state index contributed by atoms with van der Waals surface area (Å²) < 4.78 is 11.4. The SMILES string of the molecule is COc1cc2occ(-c3ccc(C)cc3)c2cc1/C(C)=C/C(=O)NCCC(C)C. The predicted molar refractivity (Wildman–Crippen MR) is 119 cm³/mol. The van der Waals surface area contributed by atoms with Gasteiger partial charge < -0.3 is 14.5 Å². The first-order valence-corrected chi connectivity index (χ1v) is 10.0. The molecular formula is C25H29NO3. The second kappa shape index (κ2) is 8.99. The molecule has 1 heterocycles. The number of carbonyl (C=O) groups excluding carboxylic acids is 1. The van der Waals surface area contributed by atoms with Crippen LogP contribution in [0.4, 0.5) is 0 Å². The lowest BCUT2D eigenvalue weighted by molar-refractivity contribution is -0.116. The molecule has 4 nitrogen and oxygen atoms in total. The van der Waals surface area contributed by atoms with Gasteiger partial charge >= 0.3 is 0 Å². The number of fused-ring (bicyclic) bond motifs is 1. The van der Waals surface area contributed by atoms with E-state index in [1.807, 2.05) is 19.1 Å². The molecule has 1 aromatic heterocycles. The van der Waals surface area contributed by atoms with Crippen molar-refractivity contribution in [1.29, 1.82) is 0 Å². The molecule has 0 fully saturated rings. The molecule has 0 aliphatic heterocycles. The minimum Gasteiger partial charge on any atom is -0.496 e. The van der Waals surface area contributed by atoms with Crippen LogP contribution in [0.3, 0.4) is 0 Å². The van der Waals surface area contributed by atoms with E-state index in [0.29, 0.717) is 18.2 Å². The Bertz CT molecular complexity index is 1030. The molecule has 0 saturated carbocycles. The van der Waals surface area contributed by atoms with Gasteiger partial charge in [0.2, 0.25) is 5.91 Å². The number of benzene rings is 2. The molecule has 0 radical (unpaired) electrons. The number of carbonyl (C=O) groups is 1. The topological polar surface area (TPSA) is 51.5 Å². The maximum absolute atomic E-state index is 12.3. The number of nitrogens with one attached hydrogen (secondary N) is 1. The summed E-state index contributed by atoms with van der Waals surface area (Å²) in [6, 6.07) is 12.3. The lowest BCUT2D eigenvalue weighted by Crippen LogP contribution is -2.23. The quantitative estimate of drug-likeness (QED) is 0.504. The van der Waals surface area contributed by atoms with Crippen molar-refractivity contribution < 1.29 is 13.9 Å². The number of hydrogen-bond acceptors (Lipinski definition) is 3. The van der Waals surface area contributed by atoms with Gasteiger partial charge in [0, 0.05) is 35.2 Å². The Kier molecular flexibility index (Phi) is 6.42. The van der Waals surface area contributed by atoms with Gasteiger partial charge in [0.05, 0.1) is 13.4 Å². The molecule has 0 bridgehead atoms. The van der Waals surface area contributed by atoms with Crippen molar-refractivity contribution in [1.82, 2.24) is 5.32 Å². The highest BCUT2D eigenvalue weighted by molar-refractivity contribution is 6.00. The van der Waals surface area contributed by atoms with Crippen molar-refractivity contribution in [2.75, 3.05) is 13.7 Å². The third-order valence-corrected chi connectivity index (χ3v) is 5.05. The van der Waals surface area contributed by atoms with Crippen LogP contribution in [0.25, 0.3) is 27.7 Å². The number of ether oxygens (including phenoxy) is 1. The largest absolute Gasteiger partial charge is 0.496 e. The third-order valence-electron chi connectivity index (χ3n) is 5.05. The van der Waals surface area contributed by atoms with Crippen molar-refractivity contribution in [3.05, 3.63) is 59.9 Å². The number of amides is 1. The molecule has 2 aromatic carbocycles. The van der Waals surface area contributed by atoms with Crippen molar-refractivity contribution in [2.45, 2.75) is 34.1 Å². The van der Waals surface area contributed by atoms with E-state index >= 15 is 0 Å². The van der Waals surface area contributed by atoms with E-state index in [1.54, 1.807) is 19.4 Å². The molecule has 0 aliphatic carbocycles. The minimum atomic E-state index is -0.0868. The smallest absolute Gasteiger partial charge is 0.244 e. The van der Waals surface area contributed by atoms with Crippen LogP contribution >= 0.6 is 0 Å². The first-order valence-electron chi connectivity index (χ1n) is 10.0. The normalized spacial score (nSPS) is 11.9. The number of allylic oxidation sites excluding steroid dienone is 1. The summed E-state index contributed by atoms with van der Waals surface area (Å²) in [6.45, 7) is 8.96. The summed E-state index contributed by atoms with van der Waals surface area (Å²) in [5, 5.41) is 3.95. The Morgan fingerprint density at radius 1 is 1.21 bits per heavy atom. The molecule has 0 unspecified atom stereocenters. The fourth-order valence-electron chi connectivity index (χ4n) is 3.30. The molecule has 3 aromatic rings. The highest BCUT2D eigenvalue weighted by Crippen LogP contribution is 2.37. The number of methoxy groups -OCH3 is 1. The van der Waals surface area contributed by atoms with Crippen LogP contribution < -0.4 is 10.1 Å². The molecule has 0 spiro atoms. The lowest BCUT2D eigenvalue weighted by Gasteiger charge is -2.10. The zero-order chi connectivity index (χ0) is 21.0. The van der Waals surface area contributed by atoms with E-state index < -0.39 is 0 Å². The molecule has 1 amide bonds. The fourth-order valence-corrected chi connectivity index (χ4v) is 3.30. The van der Waals surface area contributed by atoms with Gasteiger partial charge in [0.25, 0.3) is 0 Å². The first kappa shape index (κ1) is 20.7. The van der Waals surface area contributed by atoms with E-state index in [2.05, 4.69) is 50.4 Å². The molecule has 0 saturated heterocycles. The maximum Gasteiger partial charge on any atom is 0.244 e. The molecule has 29 heavy (non-hydrogen) atoms. The molecule has 1 N–H and O–H groups in total. The zero-order valence-electron chi connectivity index (χ0n) is 17.8. The molecule has 0 atom stereocenters. The number of hydrogen-bond donors (Lipinski definition) is 1. The van der Waals surface area contributed by atoms with E-state index in [1.165, 1.54) is 5.56 Å². The Hall–Kier alpha value is -3.01. The molecule has 152 valence electrons. The average molecular weight is 392 g/mol. The Morgan fingerprint density at radius 3 is 2.59 bits per heavy atom. The highest BCUT2D eigenvalue weighted by atomic mass is 16.5. The van der Waals surface area contributed by atoms with Crippen molar-refractivity contribution in [3.63, 3.8) is 0 Å². The second-order valence-corrected chi connectivity index (χ2v) is 7.86. The summed E-state index contributed by atoms with van der Waals surface area (Å²) in [7, 11) is 1.63. The van der Waals surface area contributed by atoms with Gasteiger partial charge in [-0.1, -0.05) is 43.7 Å². The Labute approximate surface area is 172 Å². The van der Waals surface area contributed by atoms with Crippen molar-refractivity contribution in [2.24, 2.45) is 5.92 Å². The van der Waals surface area contributed by atoms with Gasteiger partial charge in [-0.05, 0) is 43.4 Å². The molecule has 3 rings (SSSR count). The third kappa shape index (κ3) is 4.89. The summed E-state index contributed by atoms with van der Waals surface area (Å²) in [5.74, 6) is 1.16. The monoisotopic (exact) mass is 391 g/mol. The van der Waals surface area contributed by atoms with Crippen LogP contribution in [-0.4, -0.2) is 19.6 Å². The first-order chi connectivity index (χ1) is 13.9. The average Bonchev–Trinajstić information content (AvgIpc) is 3.10. The predicted octanol–water partition coefficient (Wildman–Crippen LogP) is 5.98. The standard InChI is InChI=1S/C25H29NO3/c1-16(2)10-11-26-25(27)12-18(4)20-13-21-22(19-8-6-17(3)7-9-19)15-29-24(21)14-23(20)28-5/h6-9,12-16H,10-11H2,1-5H3,(H,26,27)/b18-12+. The summed E-state index contributed by atoms with van der Waals surface area (Å²) in [4.78, 5) is 12.3. The van der Waals surface area contributed by atoms with Crippen LogP contribution in [0, 0.1) is 12.8 Å². The van der Waals surface area contributed by atoms with Gasteiger partial charge in [-0.2, -0.15) is 0 Å². The molecular weight excluding hydrogens is 362 g/mol. The fraction of sp³-hybridized carbons (Fsp3) is 0.320. The molecule has 4 heteroatoms. The van der Waals surface area contributed by atoms with Gasteiger partial charge in [0.15, 0.2) is 0 Å². The van der Waals surface area contributed by atoms with Crippen LogP contribution in [-0.2, 0) is 4.79 Å². The lowest BCUT2D eigenvalue weighted by atomic mass is 9.99. The van der Waals surface area contributed by atoms with E-state index in [9.17, 15) is 4.79 Å². The van der Waals surface area contributed by atoms with Crippen LogP contribution in [0.5, 0.6) is 5.75 Å². The van der Waals surface area contributed by atoms with Gasteiger partial charge in [-0.25, -0.2) is 0 Å². The van der Waals surface area contributed by atoms with Gasteiger partial charge in [-0.15, -0.1) is 0 Å². The zero-order valence-corrected chi connectivity index (χ0v) is 17.8. The highest BCUT2D eigenvalue weighted by Gasteiger charge is 2.15. The number of rotatable bonds is 7. The van der Waals surface area contributed by atoms with Crippen LogP contribution in [0.15, 0.2) is 53.2 Å². The van der Waals surface area contributed by atoms with E-state index in [0.717, 1.165) is 39.7 Å². The van der Waals surface area contributed by atoms with Crippen molar-refractivity contribution in [3.8, 4) is 16.9 Å². The second-order valence-electron chi connectivity index (χ2n) is 7.86. The number of aryl methyl sites for hydroxylation is 1. The number of furan rings is 1. The van der Waals surface area contributed by atoms with Crippen molar-refractivity contribution >= 4 is 22.4 Å². The Morgan fingerprint density at radius 2 is 1.93 bits per heavy atom. The van der Waals surface area contributed by atoms with E-state index in [4.69, 9.17) is 9.15 Å². The van der Waals surface area contributed by atoms with E-state index in [-0.39, 0.29) is 5.91 Å². The summed E-state index contributed by atoms with van der Waals surface area (Å²) in [6.07, 6.45) is 4.37. The molecule has 0 aliphatic rings. The van der Waals surface area contributed by atoms with Crippen LogP contribution in [0.1, 0.15) is 38.3 Å². The van der Waals surface area contributed by atoms with Gasteiger partial charge in [-0.3, -0.25) is 4.79 Å². The Balaban J connectivity index is 1.96. The minimum absolute atomic E-state index is 0.0868. The maximum atomic E-state index is 12.3. The van der Waals surface area contributed by atoms with Gasteiger partial charge in [0.1, 0.15) is 11.3 Å². The summed E-state index contributed by atoms with van der Waals surface area (Å²) >= 11 is 0.